The van der Waals surface area contributed by atoms with Crippen LogP contribution in [-0.2, 0) is 16.3 Å². The zero-order valence-corrected chi connectivity index (χ0v) is 24.9. The van der Waals surface area contributed by atoms with Gasteiger partial charge < -0.3 is 11.1 Å². The average Bonchev–Trinajstić information content (AvgIpc) is 3.57. The van der Waals surface area contributed by atoms with Gasteiger partial charge in [-0.3, -0.25) is 14.5 Å². The fourth-order valence-electron chi connectivity index (χ4n) is 5.16. The van der Waals surface area contributed by atoms with Gasteiger partial charge in [-0.15, -0.1) is 0 Å². The minimum atomic E-state index is -3.15. The van der Waals surface area contributed by atoms with Crippen LogP contribution in [0.1, 0.15) is 47.3 Å². The molecule has 2 aromatic carbocycles. The molecule has 8 nitrogen and oxygen atoms in total. The highest BCUT2D eigenvalue weighted by Crippen LogP contribution is 2.37. The summed E-state index contributed by atoms with van der Waals surface area (Å²) < 4.78 is 26.8. The molecule has 1 aliphatic rings. The van der Waals surface area contributed by atoms with E-state index in [0.717, 1.165) is 34.4 Å². The van der Waals surface area contributed by atoms with Crippen LogP contribution >= 0.6 is 0 Å². The smallest absolute Gasteiger partial charge is 0.256 e. The Morgan fingerprint density at radius 2 is 1.91 bits per heavy atom. The van der Waals surface area contributed by atoms with E-state index < -0.39 is 9.84 Å². The van der Waals surface area contributed by atoms with E-state index in [0.29, 0.717) is 29.8 Å². The van der Waals surface area contributed by atoms with Gasteiger partial charge in [-0.25, -0.2) is 8.42 Å². The topological polar surface area (TPSA) is 120 Å². The summed E-state index contributed by atoms with van der Waals surface area (Å²) in [7, 11) is -3.15. The Morgan fingerprint density at radius 3 is 2.60 bits per heavy atom. The van der Waals surface area contributed by atoms with Gasteiger partial charge >= 0.3 is 0 Å². The summed E-state index contributed by atoms with van der Waals surface area (Å²) in [6, 6.07) is 22.6. The molecule has 2 aromatic heterocycles. The monoisotopic (exact) mass is 593 g/mol. The molecule has 0 radical (unpaired) electrons. The van der Waals surface area contributed by atoms with E-state index in [9.17, 15) is 13.2 Å². The highest BCUT2D eigenvalue weighted by Gasteiger charge is 2.33. The number of carbonyl (C=O) groups excluding carboxylic acids is 1. The molecule has 3 heterocycles. The molecule has 1 amide bonds. The Hall–Kier alpha value is -4.76. The molecule has 5 rings (SSSR count). The second-order valence-electron chi connectivity index (χ2n) is 10.6. The van der Waals surface area contributed by atoms with Crippen LogP contribution in [0.2, 0.25) is 0 Å². The summed E-state index contributed by atoms with van der Waals surface area (Å²) in [6.07, 6.45) is 8.74. The van der Waals surface area contributed by atoms with Crippen LogP contribution in [0, 0.1) is 0 Å². The predicted molar refractivity (Wildman–Crippen MR) is 171 cm³/mol. The van der Waals surface area contributed by atoms with E-state index in [1.165, 1.54) is 0 Å². The highest BCUT2D eigenvalue weighted by molar-refractivity contribution is 7.91. The lowest BCUT2D eigenvalue weighted by Gasteiger charge is -2.15. The normalized spacial score (nSPS) is 16.4. The molecule has 1 aliphatic heterocycles. The van der Waals surface area contributed by atoms with Crippen molar-refractivity contribution in [2.45, 2.75) is 32.2 Å². The van der Waals surface area contributed by atoms with Crippen LogP contribution in [0.3, 0.4) is 0 Å². The van der Waals surface area contributed by atoms with Gasteiger partial charge in [-0.1, -0.05) is 79.8 Å². The number of allylic oxidation sites excluding steroid dienone is 4. The van der Waals surface area contributed by atoms with Crippen molar-refractivity contribution in [3.05, 3.63) is 132 Å². The summed E-state index contributed by atoms with van der Waals surface area (Å²) in [6.45, 7) is 5.94. The number of amides is 1. The zero-order valence-electron chi connectivity index (χ0n) is 24.1. The number of hydrogen-bond donors (Lipinski definition) is 2. The van der Waals surface area contributed by atoms with Crippen molar-refractivity contribution >= 4 is 15.7 Å². The Labute approximate surface area is 252 Å². The van der Waals surface area contributed by atoms with E-state index >= 15 is 0 Å². The highest BCUT2D eigenvalue weighted by atomic mass is 32.2. The first-order valence-electron chi connectivity index (χ1n) is 14.2. The number of carbonyl (C=O) groups is 1. The van der Waals surface area contributed by atoms with Gasteiger partial charge in [-0.2, -0.15) is 5.10 Å². The molecule has 1 atom stereocenters. The maximum absolute atomic E-state index is 13.1. The standard InChI is InChI=1S/C34H35N5O3S/c1-3-24(2)11-9-17-31(35)37-34(40)27-15-10-12-25(21-27)22-29-32(30-16-7-8-19-36-30)38-39(28-18-20-43(41,42)23-28)33(29)26-13-5-4-6-14-26/h4-17,19,21,28H,2-3,18,20,22-23,35H2,1H3,(H,37,40)/b11-9-,31-17+. The molecule has 0 saturated carbocycles. The molecule has 4 aromatic rings. The van der Waals surface area contributed by atoms with Gasteiger partial charge in [0.15, 0.2) is 9.84 Å². The molecule has 220 valence electrons. The number of nitrogens with one attached hydrogen (secondary N) is 1. The van der Waals surface area contributed by atoms with Crippen LogP contribution in [-0.4, -0.2) is 40.6 Å². The Balaban J connectivity index is 1.54. The lowest BCUT2D eigenvalue weighted by atomic mass is 9.96. The Kier molecular flexibility index (Phi) is 9.01. The second kappa shape index (κ2) is 13.0. The average molecular weight is 594 g/mol. The molecule has 0 aliphatic carbocycles. The molecular weight excluding hydrogens is 558 g/mol. The van der Waals surface area contributed by atoms with Crippen molar-refractivity contribution in [2.75, 3.05) is 11.5 Å². The zero-order chi connectivity index (χ0) is 30.4. The van der Waals surface area contributed by atoms with E-state index in [2.05, 4.69) is 16.9 Å². The van der Waals surface area contributed by atoms with Crippen LogP contribution < -0.4 is 11.1 Å². The van der Waals surface area contributed by atoms with E-state index in [1.807, 2.05) is 84.4 Å². The minimum absolute atomic E-state index is 0.0436. The third kappa shape index (κ3) is 7.18. The summed E-state index contributed by atoms with van der Waals surface area (Å²) in [5.41, 5.74) is 12.4. The summed E-state index contributed by atoms with van der Waals surface area (Å²) in [4.78, 5) is 17.7. The molecule has 1 saturated heterocycles. The SMILES string of the molecule is C=C(/C=C\C=C(/N)NC(=O)c1cccc(Cc2c(-c3ccccn3)nn(C3CCS(=O)(=O)C3)c2-c2ccccc2)c1)CC. The number of nitrogens with zero attached hydrogens (tertiary/aromatic N) is 3. The number of hydrogen-bond acceptors (Lipinski definition) is 6. The van der Waals surface area contributed by atoms with Crippen LogP contribution in [0.5, 0.6) is 0 Å². The summed E-state index contributed by atoms with van der Waals surface area (Å²) in [5.74, 6) is 0.0883. The number of rotatable bonds is 10. The predicted octanol–water partition coefficient (Wildman–Crippen LogP) is 5.61. The van der Waals surface area contributed by atoms with Gasteiger partial charge in [0, 0.05) is 29.3 Å². The largest absolute Gasteiger partial charge is 0.385 e. The van der Waals surface area contributed by atoms with Gasteiger partial charge in [0.2, 0.25) is 0 Å². The number of benzene rings is 2. The minimum Gasteiger partial charge on any atom is -0.385 e. The molecular formula is C34H35N5O3S. The molecule has 1 fully saturated rings. The molecule has 0 spiro atoms. The number of nitrogens with two attached hydrogens (primary N) is 1. The van der Waals surface area contributed by atoms with E-state index in [4.69, 9.17) is 10.8 Å². The van der Waals surface area contributed by atoms with Crippen molar-refractivity contribution in [2.24, 2.45) is 5.73 Å². The van der Waals surface area contributed by atoms with E-state index in [1.54, 1.807) is 24.4 Å². The first-order valence-corrected chi connectivity index (χ1v) is 16.1. The van der Waals surface area contributed by atoms with Gasteiger partial charge in [0.1, 0.15) is 11.5 Å². The van der Waals surface area contributed by atoms with Crippen molar-refractivity contribution < 1.29 is 13.2 Å². The number of pyridine rings is 1. The summed E-state index contributed by atoms with van der Waals surface area (Å²) in [5, 5.41) is 7.76. The molecule has 43 heavy (non-hydrogen) atoms. The Bertz CT molecular complexity index is 1790. The number of sulfone groups is 1. The third-order valence-corrected chi connectivity index (χ3v) is 9.16. The fraction of sp³-hybridized carbons (Fsp3) is 0.206. The maximum Gasteiger partial charge on any atom is 0.256 e. The van der Waals surface area contributed by atoms with Crippen LogP contribution in [0.15, 0.2) is 115 Å². The van der Waals surface area contributed by atoms with Gasteiger partial charge in [0.05, 0.1) is 28.9 Å². The fourth-order valence-corrected chi connectivity index (χ4v) is 6.85. The lowest BCUT2D eigenvalue weighted by Crippen LogP contribution is -2.27. The third-order valence-electron chi connectivity index (χ3n) is 7.41. The molecule has 3 N–H and O–H groups in total. The quantitative estimate of drug-likeness (QED) is 0.231. The van der Waals surface area contributed by atoms with Gasteiger partial charge in [-0.05, 0) is 48.7 Å². The second-order valence-corrected chi connectivity index (χ2v) is 12.8. The molecule has 1 unspecified atom stereocenters. The first-order chi connectivity index (χ1) is 20.7. The molecule has 9 heteroatoms. The maximum atomic E-state index is 13.1. The van der Waals surface area contributed by atoms with Crippen LogP contribution in [0.4, 0.5) is 0 Å². The first kappa shape index (κ1) is 29.7. The van der Waals surface area contributed by atoms with E-state index in [-0.39, 0.29) is 29.3 Å². The van der Waals surface area contributed by atoms with Crippen LogP contribution in [0.25, 0.3) is 22.6 Å². The van der Waals surface area contributed by atoms with Crippen molar-refractivity contribution in [3.63, 3.8) is 0 Å². The lowest BCUT2D eigenvalue weighted by molar-refractivity contribution is 0.0965. The summed E-state index contributed by atoms with van der Waals surface area (Å²) >= 11 is 0. The van der Waals surface area contributed by atoms with Gasteiger partial charge in [0.25, 0.3) is 5.91 Å². The van der Waals surface area contributed by atoms with Crippen molar-refractivity contribution in [1.29, 1.82) is 0 Å². The molecule has 0 bridgehead atoms. The Morgan fingerprint density at radius 1 is 1.12 bits per heavy atom. The van der Waals surface area contributed by atoms with Crippen molar-refractivity contribution in [3.8, 4) is 22.6 Å². The van der Waals surface area contributed by atoms with Crippen molar-refractivity contribution in [1.82, 2.24) is 20.1 Å². The number of aromatic nitrogens is 3.